The van der Waals surface area contributed by atoms with E-state index in [-0.39, 0.29) is 11.8 Å². The van der Waals surface area contributed by atoms with Crippen LogP contribution in [0.15, 0.2) is 6.33 Å². The summed E-state index contributed by atoms with van der Waals surface area (Å²) < 4.78 is 0. The third kappa shape index (κ3) is 0.759. The molecule has 1 aromatic heterocycles. The van der Waals surface area contributed by atoms with Gasteiger partial charge in [0.2, 0.25) is 5.69 Å². The SMILES string of the molecule is Nc1ncnc2c1NC(O)=[N+]2. The highest BCUT2D eigenvalue weighted by molar-refractivity contribution is 5.99. The summed E-state index contributed by atoms with van der Waals surface area (Å²) in [5.74, 6) is 0.651. The molecule has 0 aromatic carbocycles. The van der Waals surface area contributed by atoms with Gasteiger partial charge < -0.3 is 10.8 Å². The minimum absolute atomic E-state index is 0.202. The van der Waals surface area contributed by atoms with Crippen molar-refractivity contribution in [3.05, 3.63) is 6.33 Å². The number of aliphatic hydroxyl groups excluding tert-OH is 1. The molecule has 0 atom stereocenters. The molecule has 1 aromatic rings. The number of nitrogens with two attached hydrogens (primary N) is 1. The Labute approximate surface area is 61.8 Å². The lowest BCUT2D eigenvalue weighted by Gasteiger charge is -1.91. The Morgan fingerprint density at radius 3 is 3.09 bits per heavy atom. The predicted octanol–water partition coefficient (Wildman–Crippen LogP) is -0.634. The van der Waals surface area contributed by atoms with Gasteiger partial charge in [0.15, 0.2) is 12.1 Å². The number of hydrogen-bond donors (Lipinski definition) is 3. The average molecular weight is 151 g/mol. The molecule has 2 rings (SSSR count). The van der Waals surface area contributed by atoms with Crippen molar-refractivity contribution in [2.24, 2.45) is 0 Å². The van der Waals surface area contributed by atoms with E-state index in [0.29, 0.717) is 11.5 Å². The Morgan fingerprint density at radius 1 is 1.55 bits per heavy atom. The molecular formula is C5H5N5O+. The van der Waals surface area contributed by atoms with Crippen LogP contribution >= 0.6 is 0 Å². The van der Waals surface area contributed by atoms with Crippen LogP contribution in [0.2, 0.25) is 0 Å². The number of nitrogen functional groups attached to an aromatic ring is 1. The number of rotatable bonds is 0. The monoisotopic (exact) mass is 151 g/mol. The molecule has 0 amide bonds. The van der Waals surface area contributed by atoms with Gasteiger partial charge in [-0.05, 0) is 4.99 Å². The lowest BCUT2D eigenvalue weighted by atomic mass is 10.4. The molecule has 0 aliphatic carbocycles. The van der Waals surface area contributed by atoms with Crippen molar-refractivity contribution in [3.63, 3.8) is 0 Å². The average Bonchev–Trinajstić information content (AvgIpc) is 2.31. The smallest absolute Gasteiger partial charge is 0.430 e. The van der Waals surface area contributed by atoms with E-state index in [1.54, 1.807) is 0 Å². The second-order valence-electron chi connectivity index (χ2n) is 2.02. The van der Waals surface area contributed by atoms with Gasteiger partial charge in [-0.25, -0.2) is 5.32 Å². The van der Waals surface area contributed by atoms with Crippen LogP contribution in [0.1, 0.15) is 0 Å². The van der Waals surface area contributed by atoms with E-state index in [1.165, 1.54) is 6.33 Å². The summed E-state index contributed by atoms with van der Waals surface area (Å²) in [7, 11) is 0. The number of aromatic nitrogens is 2. The fourth-order valence-corrected chi connectivity index (χ4v) is 0.834. The van der Waals surface area contributed by atoms with Crippen molar-refractivity contribution >= 4 is 23.3 Å². The molecule has 4 N–H and O–H groups in total. The number of amidine groups is 1. The van der Waals surface area contributed by atoms with Crippen LogP contribution in [0.3, 0.4) is 0 Å². The Morgan fingerprint density at radius 2 is 2.36 bits per heavy atom. The topological polar surface area (TPSA) is 98.2 Å². The van der Waals surface area contributed by atoms with E-state index >= 15 is 0 Å². The van der Waals surface area contributed by atoms with E-state index in [2.05, 4.69) is 20.3 Å². The predicted molar refractivity (Wildman–Crippen MR) is 39.5 cm³/mol. The van der Waals surface area contributed by atoms with Crippen LogP contribution in [0.25, 0.3) is 0 Å². The van der Waals surface area contributed by atoms with Gasteiger partial charge in [-0.3, -0.25) is 0 Å². The molecule has 6 heteroatoms. The number of aliphatic imine (C=N–C) groups is 1. The number of anilines is 2. The summed E-state index contributed by atoms with van der Waals surface area (Å²) in [6, 6.07) is -0.202. The summed E-state index contributed by atoms with van der Waals surface area (Å²) in [6.07, 6.45) is 1.29. The van der Waals surface area contributed by atoms with Crippen molar-refractivity contribution in [3.8, 4) is 0 Å². The molecule has 0 unspecified atom stereocenters. The number of nitrogens with one attached hydrogen (secondary N) is 1. The van der Waals surface area contributed by atoms with Gasteiger partial charge in [0.1, 0.15) is 0 Å². The van der Waals surface area contributed by atoms with Crippen molar-refractivity contribution in [1.82, 2.24) is 15.0 Å². The van der Waals surface area contributed by atoms with E-state index < -0.39 is 0 Å². The first kappa shape index (κ1) is 5.90. The molecule has 0 fully saturated rings. The third-order valence-electron chi connectivity index (χ3n) is 1.31. The first-order valence-corrected chi connectivity index (χ1v) is 2.92. The summed E-state index contributed by atoms with van der Waals surface area (Å²) in [5.41, 5.74) is 5.90. The van der Waals surface area contributed by atoms with E-state index in [0.717, 1.165) is 0 Å². The lowest BCUT2D eigenvalue weighted by Crippen LogP contribution is -2.09. The summed E-state index contributed by atoms with van der Waals surface area (Å²) in [4.78, 5) is 11.1. The number of aliphatic hydroxyl groups is 1. The van der Waals surface area contributed by atoms with Crippen molar-refractivity contribution in [2.75, 3.05) is 11.1 Å². The maximum Gasteiger partial charge on any atom is 0.430 e. The molecule has 1 aliphatic heterocycles. The van der Waals surface area contributed by atoms with Gasteiger partial charge in [0, 0.05) is 0 Å². The molecule has 0 bridgehead atoms. The van der Waals surface area contributed by atoms with Crippen LogP contribution in [0.5, 0.6) is 0 Å². The Kier molecular flexibility index (Phi) is 0.974. The van der Waals surface area contributed by atoms with Crippen molar-refractivity contribution in [2.45, 2.75) is 0 Å². The summed E-state index contributed by atoms with van der Waals surface area (Å²) in [6.45, 7) is 0. The normalized spacial score (nSPS) is 13.6. The Hall–Kier alpha value is -1.85. The van der Waals surface area contributed by atoms with Gasteiger partial charge in [-0.1, -0.05) is 4.98 Å². The lowest BCUT2D eigenvalue weighted by molar-refractivity contribution is 0.549. The van der Waals surface area contributed by atoms with Gasteiger partial charge >= 0.3 is 11.8 Å². The van der Waals surface area contributed by atoms with Crippen molar-refractivity contribution in [1.29, 1.82) is 0 Å². The van der Waals surface area contributed by atoms with Crippen LogP contribution in [-0.4, -0.2) is 21.1 Å². The molecule has 0 spiro atoms. The Balaban J connectivity index is 2.59. The fourth-order valence-electron chi connectivity index (χ4n) is 0.834. The van der Waals surface area contributed by atoms with Gasteiger partial charge in [0.05, 0.1) is 0 Å². The molecule has 0 saturated carbocycles. The highest BCUT2D eigenvalue weighted by atomic mass is 16.3. The van der Waals surface area contributed by atoms with Crippen LogP contribution in [0.4, 0.5) is 17.3 Å². The van der Waals surface area contributed by atoms with Gasteiger partial charge in [-0.2, -0.15) is 4.98 Å². The Bertz CT molecular complexity index is 334. The van der Waals surface area contributed by atoms with E-state index in [4.69, 9.17) is 10.8 Å². The number of fused-ring (bicyclic) bond motifs is 1. The summed E-state index contributed by atoms with van der Waals surface area (Å²) >= 11 is 0. The molecule has 2 heterocycles. The maximum absolute atomic E-state index is 8.89. The zero-order valence-corrected chi connectivity index (χ0v) is 5.44. The first-order chi connectivity index (χ1) is 5.27. The van der Waals surface area contributed by atoms with E-state index in [1.807, 2.05) is 0 Å². The largest absolute Gasteiger partial charge is 0.456 e. The highest BCUT2D eigenvalue weighted by Gasteiger charge is 2.27. The first-order valence-electron chi connectivity index (χ1n) is 2.92. The highest BCUT2D eigenvalue weighted by Crippen LogP contribution is 2.25. The number of nitrogens with zero attached hydrogens (tertiary/aromatic N) is 3. The standard InChI is InChI=1S/C5H5N5O/c6-3-2-4(8-1-7-3)10-5(11)9-2/h1,9,11H,(H2,6,7,8)/q+1. The second-order valence-corrected chi connectivity index (χ2v) is 2.02. The van der Waals surface area contributed by atoms with Crippen LogP contribution in [0, 0.1) is 0 Å². The zero-order valence-electron chi connectivity index (χ0n) is 5.44. The molecule has 1 radical (unpaired) electrons. The van der Waals surface area contributed by atoms with Crippen LogP contribution < -0.4 is 16.0 Å². The minimum Gasteiger partial charge on any atom is -0.456 e. The van der Waals surface area contributed by atoms with E-state index in [9.17, 15) is 0 Å². The minimum atomic E-state index is -0.202. The molecule has 11 heavy (non-hydrogen) atoms. The quantitative estimate of drug-likeness (QED) is 0.458. The maximum atomic E-state index is 8.89. The molecule has 6 nitrogen and oxygen atoms in total. The summed E-state index contributed by atoms with van der Waals surface area (Å²) in [5, 5.41) is 11.4. The zero-order chi connectivity index (χ0) is 7.84. The van der Waals surface area contributed by atoms with Gasteiger partial charge in [0.25, 0.3) is 0 Å². The molecule has 55 valence electrons. The second kappa shape index (κ2) is 1.82. The van der Waals surface area contributed by atoms with Crippen molar-refractivity contribution < 1.29 is 5.11 Å². The number of hydrogen-bond acceptors (Lipinski definition) is 5. The molecule has 1 aliphatic rings. The van der Waals surface area contributed by atoms with Crippen LogP contribution in [-0.2, 0) is 0 Å². The fraction of sp³-hybridized carbons (Fsp3) is 0. The molecule has 0 saturated heterocycles. The van der Waals surface area contributed by atoms with Gasteiger partial charge in [-0.15, -0.1) is 0 Å². The molecular weight excluding hydrogens is 146 g/mol. The third-order valence-corrected chi connectivity index (χ3v) is 1.31.